The quantitative estimate of drug-likeness (QED) is 0.593. The topological polar surface area (TPSA) is 61.1 Å². The molecule has 2 aromatic rings. The molecule has 0 saturated carbocycles. The lowest BCUT2D eigenvalue weighted by molar-refractivity contribution is 0.112. The van der Waals surface area contributed by atoms with Crippen molar-refractivity contribution in [2.75, 3.05) is 0 Å². The minimum Gasteiger partial charge on any atom is -0.297 e. The van der Waals surface area contributed by atoms with Crippen LogP contribution >= 0.6 is 24.0 Å². The Morgan fingerprint density at radius 1 is 1.25 bits per heavy atom. The zero-order chi connectivity index (χ0) is 12.0. The Morgan fingerprint density at radius 3 is 2.44 bits per heavy atom. The van der Waals surface area contributed by atoms with Crippen molar-refractivity contribution in [3.05, 3.63) is 25.7 Å². The number of rotatable bonds is 1. The van der Waals surface area contributed by atoms with Gasteiger partial charge < -0.3 is 0 Å². The van der Waals surface area contributed by atoms with E-state index in [1.54, 1.807) is 7.05 Å². The highest BCUT2D eigenvalue weighted by molar-refractivity contribution is 7.81. The Kier molecular flexibility index (Phi) is 2.51. The summed E-state index contributed by atoms with van der Waals surface area (Å²) in [5, 5.41) is 0.319. The molecule has 84 valence electrons. The second-order valence-electron chi connectivity index (χ2n) is 3.32. The Hall–Kier alpha value is -1.34. The minimum atomic E-state index is -0.424. The second-order valence-corrected chi connectivity index (χ2v) is 4.80. The van der Waals surface area contributed by atoms with Crippen LogP contribution in [-0.2, 0) is 14.1 Å². The smallest absolute Gasteiger partial charge is 0.297 e. The van der Waals surface area contributed by atoms with E-state index in [4.69, 9.17) is 0 Å². The Bertz CT molecular complexity index is 708. The maximum atomic E-state index is 11.8. The lowest BCUT2D eigenvalue weighted by Gasteiger charge is -2.02. The van der Waals surface area contributed by atoms with Crippen molar-refractivity contribution in [3.8, 4) is 0 Å². The maximum absolute atomic E-state index is 11.8. The number of aromatic nitrogens is 2. The van der Waals surface area contributed by atoms with E-state index in [0.717, 1.165) is 15.9 Å². The number of thiol groups is 1. The summed E-state index contributed by atoms with van der Waals surface area (Å²) < 4.78 is 2.34. The third-order valence-corrected chi connectivity index (χ3v) is 4.20. The SMILES string of the molecule is Cn1c(=O)c2c(S)c(C=O)sc2n(C)c1=O. The number of fused-ring (bicyclic) bond motifs is 1. The first-order chi connectivity index (χ1) is 7.49. The average Bonchev–Trinajstić information content (AvgIpc) is 2.61. The molecule has 2 heterocycles. The molecule has 0 unspecified atom stereocenters. The Morgan fingerprint density at radius 2 is 1.88 bits per heavy atom. The zero-order valence-corrected chi connectivity index (χ0v) is 10.3. The van der Waals surface area contributed by atoms with Crippen LogP contribution in [0.2, 0.25) is 0 Å². The summed E-state index contributed by atoms with van der Waals surface area (Å²) in [6, 6.07) is 0. The maximum Gasteiger partial charge on any atom is 0.331 e. The summed E-state index contributed by atoms with van der Waals surface area (Å²) in [4.78, 5) is 35.4. The van der Waals surface area contributed by atoms with E-state index >= 15 is 0 Å². The predicted octanol–water partition coefficient (Wildman–Crippen LogP) is 0.400. The molecule has 0 amide bonds. The lowest BCUT2D eigenvalue weighted by atomic mass is 10.3. The van der Waals surface area contributed by atoms with Gasteiger partial charge in [0.25, 0.3) is 5.56 Å². The second kappa shape index (κ2) is 3.60. The number of carbonyl (C=O) groups is 1. The molecular formula is C9H8N2O3S2. The molecule has 16 heavy (non-hydrogen) atoms. The number of thiophene rings is 1. The van der Waals surface area contributed by atoms with Gasteiger partial charge in [0.1, 0.15) is 4.83 Å². The first-order valence-electron chi connectivity index (χ1n) is 4.35. The predicted molar refractivity (Wildman–Crippen MR) is 64.9 cm³/mol. The molecule has 0 spiro atoms. The number of nitrogens with zero attached hydrogens (tertiary/aromatic N) is 2. The summed E-state index contributed by atoms with van der Waals surface area (Å²) >= 11 is 5.24. The third-order valence-electron chi connectivity index (χ3n) is 2.39. The molecule has 0 aliphatic rings. The van der Waals surface area contributed by atoms with Crippen LogP contribution in [-0.4, -0.2) is 15.4 Å². The van der Waals surface area contributed by atoms with Crippen molar-refractivity contribution in [1.29, 1.82) is 0 Å². The van der Waals surface area contributed by atoms with E-state index in [9.17, 15) is 14.4 Å². The van der Waals surface area contributed by atoms with E-state index in [1.165, 1.54) is 11.6 Å². The fraction of sp³-hybridized carbons (Fsp3) is 0.222. The van der Waals surface area contributed by atoms with Crippen molar-refractivity contribution in [1.82, 2.24) is 9.13 Å². The Balaban J connectivity index is 3.19. The molecule has 0 saturated heterocycles. The van der Waals surface area contributed by atoms with Gasteiger partial charge in [0.15, 0.2) is 6.29 Å². The largest absolute Gasteiger partial charge is 0.331 e. The highest BCUT2D eigenvalue weighted by Gasteiger charge is 2.16. The van der Waals surface area contributed by atoms with Crippen LogP contribution in [0.15, 0.2) is 14.5 Å². The normalized spacial score (nSPS) is 10.9. The highest BCUT2D eigenvalue weighted by atomic mass is 32.1. The summed E-state index contributed by atoms with van der Waals surface area (Å²) in [6.45, 7) is 0. The van der Waals surface area contributed by atoms with Crippen LogP contribution in [0.25, 0.3) is 10.2 Å². The molecule has 7 heteroatoms. The van der Waals surface area contributed by atoms with Gasteiger partial charge in [-0.15, -0.1) is 24.0 Å². The van der Waals surface area contributed by atoms with E-state index in [-0.39, 0.29) is 0 Å². The van der Waals surface area contributed by atoms with Crippen LogP contribution in [0.5, 0.6) is 0 Å². The average molecular weight is 256 g/mol. The highest BCUT2D eigenvalue weighted by Crippen LogP contribution is 2.29. The van der Waals surface area contributed by atoms with Crippen LogP contribution in [0.3, 0.4) is 0 Å². The van der Waals surface area contributed by atoms with E-state index in [2.05, 4.69) is 12.6 Å². The van der Waals surface area contributed by atoms with Gasteiger partial charge in [-0.25, -0.2) is 4.79 Å². The standard InChI is InChI=1S/C9H8N2O3S2/c1-10-7(13)5-6(15)4(3-12)16-8(5)11(2)9(10)14/h3,15H,1-2H3. The number of hydrogen-bond donors (Lipinski definition) is 1. The van der Waals surface area contributed by atoms with Crippen molar-refractivity contribution >= 4 is 40.5 Å². The van der Waals surface area contributed by atoms with Crippen molar-refractivity contribution in [2.45, 2.75) is 4.90 Å². The summed E-state index contributed by atoms with van der Waals surface area (Å²) in [7, 11) is 2.96. The number of aryl methyl sites for hydroxylation is 1. The number of aldehydes is 1. The molecule has 2 aromatic heterocycles. The zero-order valence-electron chi connectivity index (χ0n) is 8.55. The van der Waals surface area contributed by atoms with Gasteiger partial charge in [-0.2, -0.15) is 0 Å². The van der Waals surface area contributed by atoms with Gasteiger partial charge in [0.2, 0.25) is 0 Å². The van der Waals surface area contributed by atoms with E-state index in [1.807, 2.05) is 0 Å². The van der Waals surface area contributed by atoms with Crippen molar-refractivity contribution in [3.63, 3.8) is 0 Å². The Labute approximate surface area is 99.3 Å². The lowest BCUT2D eigenvalue weighted by Crippen LogP contribution is -2.36. The molecule has 0 aliphatic heterocycles. The van der Waals surface area contributed by atoms with Gasteiger partial charge in [0.05, 0.1) is 10.3 Å². The van der Waals surface area contributed by atoms with Gasteiger partial charge >= 0.3 is 5.69 Å². The van der Waals surface area contributed by atoms with Crippen LogP contribution < -0.4 is 11.2 Å². The monoisotopic (exact) mass is 256 g/mol. The van der Waals surface area contributed by atoms with Gasteiger partial charge in [-0.3, -0.25) is 18.7 Å². The molecule has 0 aromatic carbocycles. The van der Waals surface area contributed by atoms with E-state index in [0.29, 0.717) is 26.3 Å². The van der Waals surface area contributed by atoms with Gasteiger partial charge in [-0.1, -0.05) is 0 Å². The molecule has 0 radical (unpaired) electrons. The van der Waals surface area contributed by atoms with E-state index < -0.39 is 11.2 Å². The summed E-state index contributed by atoms with van der Waals surface area (Å²) in [5.74, 6) is 0. The molecule has 0 bridgehead atoms. The molecule has 0 aliphatic carbocycles. The minimum absolute atomic E-state index is 0.319. The fourth-order valence-electron chi connectivity index (χ4n) is 1.50. The molecule has 0 atom stereocenters. The number of hydrogen-bond acceptors (Lipinski definition) is 5. The first-order valence-corrected chi connectivity index (χ1v) is 5.62. The third kappa shape index (κ3) is 1.28. The number of carbonyl (C=O) groups excluding carboxylic acids is 1. The first kappa shape index (κ1) is 11.2. The fourth-order valence-corrected chi connectivity index (χ4v) is 2.93. The molecule has 2 rings (SSSR count). The van der Waals surface area contributed by atoms with Crippen LogP contribution in [0, 0.1) is 0 Å². The molecule has 5 nitrogen and oxygen atoms in total. The van der Waals surface area contributed by atoms with Gasteiger partial charge in [0, 0.05) is 19.0 Å². The molecule has 0 N–H and O–H groups in total. The molecule has 0 fully saturated rings. The van der Waals surface area contributed by atoms with Crippen molar-refractivity contribution in [2.24, 2.45) is 14.1 Å². The van der Waals surface area contributed by atoms with Gasteiger partial charge in [-0.05, 0) is 0 Å². The molecular weight excluding hydrogens is 248 g/mol. The van der Waals surface area contributed by atoms with Crippen LogP contribution in [0.4, 0.5) is 0 Å². The van der Waals surface area contributed by atoms with Crippen LogP contribution in [0.1, 0.15) is 9.67 Å². The summed E-state index contributed by atoms with van der Waals surface area (Å²) in [5.41, 5.74) is -0.836. The van der Waals surface area contributed by atoms with Crippen molar-refractivity contribution < 1.29 is 4.79 Å². The summed E-state index contributed by atoms with van der Waals surface area (Å²) in [6.07, 6.45) is 0.636.